The van der Waals surface area contributed by atoms with Crippen molar-refractivity contribution in [1.29, 1.82) is 0 Å². The molecule has 0 saturated heterocycles. The first-order valence-corrected chi connectivity index (χ1v) is 11.1. The Bertz CT molecular complexity index is 1130. The maximum Gasteiger partial charge on any atom is 0.407 e. The van der Waals surface area contributed by atoms with Crippen LogP contribution in [0.5, 0.6) is 0 Å². The van der Waals surface area contributed by atoms with Crippen LogP contribution in [0.15, 0.2) is 48.7 Å². The van der Waals surface area contributed by atoms with Crippen molar-refractivity contribution in [2.24, 2.45) is 0 Å². The summed E-state index contributed by atoms with van der Waals surface area (Å²) in [5.74, 6) is -0.529. The second-order valence-electron chi connectivity index (χ2n) is 9.00. The fourth-order valence-electron chi connectivity index (χ4n) is 3.45. The fourth-order valence-corrected chi connectivity index (χ4v) is 3.73. The molecule has 34 heavy (non-hydrogen) atoms. The first-order chi connectivity index (χ1) is 15.9. The number of anilines is 1. The molecule has 2 aromatic rings. The predicted octanol–water partition coefficient (Wildman–Crippen LogP) is 5.87. The number of carbonyl (C=O) groups is 3. The maximum atomic E-state index is 13.4. The van der Waals surface area contributed by atoms with Crippen molar-refractivity contribution < 1.29 is 23.5 Å². The molecule has 3 amide bonds. The van der Waals surface area contributed by atoms with Crippen molar-refractivity contribution in [1.82, 2.24) is 10.2 Å². The summed E-state index contributed by atoms with van der Waals surface area (Å²) in [7, 11) is 0. The lowest BCUT2D eigenvalue weighted by atomic mass is 9.97. The van der Waals surface area contributed by atoms with Gasteiger partial charge in [0.15, 0.2) is 5.78 Å². The van der Waals surface area contributed by atoms with Gasteiger partial charge in [0.2, 0.25) is 0 Å². The number of alkyl carbamates (subject to hydrolysis) is 1. The highest BCUT2D eigenvalue weighted by Crippen LogP contribution is 2.31. The number of nitrogens with one attached hydrogen (secondary N) is 2. The van der Waals surface area contributed by atoms with Crippen LogP contribution in [0.3, 0.4) is 0 Å². The van der Waals surface area contributed by atoms with Crippen LogP contribution in [0.1, 0.15) is 49.9 Å². The number of rotatable bonds is 4. The summed E-state index contributed by atoms with van der Waals surface area (Å²) in [6.45, 7) is 7.19. The van der Waals surface area contributed by atoms with Crippen molar-refractivity contribution in [3.8, 4) is 0 Å². The zero-order valence-electron chi connectivity index (χ0n) is 19.4. The van der Waals surface area contributed by atoms with Gasteiger partial charge in [0.25, 0.3) is 0 Å². The number of hydrogen-bond donors (Lipinski definition) is 2. The summed E-state index contributed by atoms with van der Waals surface area (Å²) in [6, 6.07) is 8.04. The van der Waals surface area contributed by atoms with Gasteiger partial charge in [-0.1, -0.05) is 23.7 Å². The molecular weight excluding hydrogens is 461 g/mol. The zero-order chi connectivity index (χ0) is 25.0. The third-order valence-electron chi connectivity index (χ3n) is 5.10. The highest BCUT2D eigenvalue weighted by atomic mass is 35.5. The molecule has 0 saturated carbocycles. The number of nitrogens with zero attached hydrogens (tertiary/aromatic N) is 1. The van der Waals surface area contributed by atoms with Crippen LogP contribution in [-0.4, -0.2) is 28.4 Å². The largest absolute Gasteiger partial charge is 0.444 e. The Kier molecular flexibility index (Phi) is 7.61. The van der Waals surface area contributed by atoms with Gasteiger partial charge in [0, 0.05) is 29.9 Å². The number of ether oxygens (including phenoxy) is 1. The Morgan fingerprint density at radius 3 is 2.53 bits per heavy atom. The Morgan fingerprint density at radius 2 is 1.88 bits per heavy atom. The van der Waals surface area contributed by atoms with E-state index in [1.807, 2.05) is 0 Å². The number of ketones is 1. The smallest absolute Gasteiger partial charge is 0.407 e. The van der Waals surface area contributed by atoms with Crippen LogP contribution < -0.4 is 10.6 Å². The molecule has 2 aromatic carbocycles. The lowest BCUT2D eigenvalue weighted by Crippen LogP contribution is -2.37. The Labute approximate surface area is 202 Å². The average molecular weight is 488 g/mol. The summed E-state index contributed by atoms with van der Waals surface area (Å²) in [5, 5.41) is 5.93. The summed E-state index contributed by atoms with van der Waals surface area (Å²) in [5.41, 5.74) is 1.82. The molecule has 1 atom stereocenters. The molecule has 0 spiro atoms. The average Bonchev–Trinajstić information content (AvgIpc) is 2.74. The molecule has 1 aliphatic rings. The minimum Gasteiger partial charge on any atom is -0.444 e. The van der Waals surface area contributed by atoms with Crippen LogP contribution in [0.25, 0.3) is 0 Å². The third kappa shape index (κ3) is 6.57. The lowest BCUT2D eigenvalue weighted by molar-refractivity contribution is -0.116. The summed E-state index contributed by atoms with van der Waals surface area (Å²) < 4.78 is 18.6. The van der Waals surface area contributed by atoms with Crippen molar-refractivity contribution in [2.75, 3.05) is 5.32 Å². The fraction of sp³-hybridized carbons (Fsp3) is 0.320. The van der Waals surface area contributed by atoms with E-state index in [2.05, 4.69) is 10.6 Å². The van der Waals surface area contributed by atoms with Gasteiger partial charge in [0.1, 0.15) is 11.4 Å². The third-order valence-corrected chi connectivity index (χ3v) is 5.45. The second kappa shape index (κ2) is 10.3. The SMILES string of the molecule is Cc1cc(Cl)c(CNC(=O)OC(C)(C)C)cc1NC(=O)N1C=CC(=O)CC1c1ccc(F)cc1. The molecule has 0 radical (unpaired) electrons. The normalized spacial score (nSPS) is 15.8. The Balaban J connectivity index is 1.78. The molecule has 1 heterocycles. The maximum absolute atomic E-state index is 13.4. The molecule has 3 rings (SSSR count). The molecule has 1 unspecified atom stereocenters. The van der Waals surface area contributed by atoms with Gasteiger partial charge in [0.05, 0.1) is 6.04 Å². The van der Waals surface area contributed by atoms with Crippen LogP contribution in [0.2, 0.25) is 5.02 Å². The topological polar surface area (TPSA) is 87.7 Å². The summed E-state index contributed by atoms with van der Waals surface area (Å²) in [4.78, 5) is 38.6. The van der Waals surface area contributed by atoms with Gasteiger partial charge in [-0.05, 0) is 74.7 Å². The Hall–Kier alpha value is -3.39. The van der Waals surface area contributed by atoms with Crippen molar-refractivity contribution in [3.05, 3.63) is 76.2 Å². The molecule has 2 N–H and O–H groups in total. The van der Waals surface area contributed by atoms with E-state index < -0.39 is 29.6 Å². The quantitative estimate of drug-likeness (QED) is 0.564. The monoisotopic (exact) mass is 487 g/mol. The summed E-state index contributed by atoms with van der Waals surface area (Å²) >= 11 is 6.34. The number of hydrogen-bond acceptors (Lipinski definition) is 4. The molecule has 0 aliphatic carbocycles. The van der Waals surface area contributed by atoms with Gasteiger partial charge < -0.3 is 15.4 Å². The lowest BCUT2D eigenvalue weighted by Gasteiger charge is -2.31. The molecule has 1 aliphatic heterocycles. The van der Waals surface area contributed by atoms with Crippen molar-refractivity contribution in [2.45, 2.75) is 52.3 Å². The number of benzene rings is 2. The van der Waals surface area contributed by atoms with E-state index in [1.165, 1.54) is 29.3 Å². The van der Waals surface area contributed by atoms with E-state index in [0.717, 1.165) is 5.56 Å². The molecule has 7 nitrogen and oxygen atoms in total. The van der Waals surface area contributed by atoms with Crippen molar-refractivity contribution >= 4 is 35.2 Å². The molecular formula is C25H27ClFN3O4. The van der Waals surface area contributed by atoms with E-state index in [9.17, 15) is 18.8 Å². The number of allylic oxidation sites excluding steroid dienone is 1. The van der Waals surface area contributed by atoms with Gasteiger partial charge in [-0.15, -0.1) is 0 Å². The van der Waals surface area contributed by atoms with Crippen molar-refractivity contribution in [3.63, 3.8) is 0 Å². The van der Waals surface area contributed by atoms with E-state index in [0.29, 0.717) is 21.8 Å². The molecule has 0 fully saturated rings. The number of halogens is 2. The summed E-state index contributed by atoms with van der Waals surface area (Å²) in [6.07, 6.45) is 2.26. The van der Waals surface area contributed by atoms with Gasteiger partial charge in [-0.2, -0.15) is 0 Å². The highest BCUT2D eigenvalue weighted by Gasteiger charge is 2.29. The first-order valence-electron chi connectivity index (χ1n) is 10.7. The standard InChI is InChI=1S/C25H27ClFN3O4/c1-15-11-20(26)17(14-28-24(33)34-25(2,3)4)12-21(15)29-23(32)30-10-9-19(31)13-22(30)16-5-7-18(27)8-6-16/h5-12,22H,13-14H2,1-4H3,(H,28,33)(H,29,32). The number of urea groups is 1. The molecule has 0 aromatic heterocycles. The van der Waals surface area contributed by atoms with Gasteiger partial charge in [-0.25, -0.2) is 14.0 Å². The van der Waals surface area contributed by atoms with Crippen LogP contribution in [-0.2, 0) is 16.1 Å². The van der Waals surface area contributed by atoms with E-state index in [1.54, 1.807) is 52.0 Å². The molecule has 0 bridgehead atoms. The van der Waals surface area contributed by atoms with E-state index in [4.69, 9.17) is 16.3 Å². The van der Waals surface area contributed by atoms with Gasteiger partial charge in [-0.3, -0.25) is 9.69 Å². The van der Waals surface area contributed by atoms with E-state index >= 15 is 0 Å². The minimum atomic E-state index is -0.634. The van der Waals surface area contributed by atoms with E-state index in [-0.39, 0.29) is 18.7 Å². The second-order valence-corrected chi connectivity index (χ2v) is 9.41. The minimum absolute atomic E-state index is 0.0835. The van der Waals surface area contributed by atoms with Gasteiger partial charge >= 0.3 is 12.1 Å². The van der Waals surface area contributed by atoms with Crippen LogP contribution in [0.4, 0.5) is 19.7 Å². The van der Waals surface area contributed by atoms with Crippen LogP contribution in [0, 0.1) is 12.7 Å². The number of carbonyl (C=O) groups excluding carboxylic acids is 3. The predicted molar refractivity (Wildman–Crippen MR) is 128 cm³/mol. The molecule has 180 valence electrons. The zero-order valence-corrected chi connectivity index (χ0v) is 20.2. The van der Waals surface area contributed by atoms with Crippen LogP contribution >= 0.6 is 11.6 Å². The highest BCUT2D eigenvalue weighted by molar-refractivity contribution is 6.31. The number of amides is 3. The number of aryl methyl sites for hydroxylation is 1. The first kappa shape index (κ1) is 25.2. The molecule has 9 heteroatoms. The Morgan fingerprint density at radius 1 is 1.21 bits per heavy atom.